The highest BCUT2D eigenvalue weighted by Crippen LogP contribution is 2.37. The van der Waals surface area contributed by atoms with Crippen LogP contribution in [0.25, 0.3) is 0 Å². The topological polar surface area (TPSA) is 53.5 Å². The zero-order valence-electron chi connectivity index (χ0n) is 20.0. The predicted octanol–water partition coefficient (Wildman–Crippen LogP) is 5.72. The number of fused-ring (bicyclic) bond motifs is 1. The van der Waals surface area contributed by atoms with Crippen LogP contribution in [0.5, 0.6) is 0 Å². The van der Waals surface area contributed by atoms with Gasteiger partial charge in [0.15, 0.2) is 0 Å². The molecule has 2 saturated heterocycles. The summed E-state index contributed by atoms with van der Waals surface area (Å²) in [6, 6.07) is 11.0. The number of halogens is 1. The van der Waals surface area contributed by atoms with Crippen molar-refractivity contribution in [3.63, 3.8) is 0 Å². The van der Waals surface area contributed by atoms with Gasteiger partial charge in [-0.15, -0.1) is 0 Å². The van der Waals surface area contributed by atoms with Crippen molar-refractivity contribution in [2.75, 3.05) is 26.2 Å². The lowest BCUT2D eigenvalue weighted by atomic mass is 9.75. The summed E-state index contributed by atoms with van der Waals surface area (Å²) >= 11 is 5.97. The van der Waals surface area contributed by atoms with Crippen LogP contribution in [0.1, 0.15) is 83.0 Å². The van der Waals surface area contributed by atoms with Gasteiger partial charge < -0.3 is 9.80 Å². The highest BCUT2D eigenvalue weighted by Gasteiger charge is 2.35. The number of carbonyl (C=O) groups excluding carboxylic acids is 2. The molecule has 0 N–H and O–H groups in total. The van der Waals surface area contributed by atoms with Crippen molar-refractivity contribution in [1.82, 2.24) is 14.8 Å². The predicted molar refractivity (Wildman–Crippen MR) is 134 cm³/mol. The number of amides is 2. The molecule has 5 nitrogen and oxygen atoms in total. The molecule has 6 heteroatoms. The number of rotatable bonds is 3. The van der Waals surface area contributed by atoms with Crippen LogP contribution in [0, 0.1) is 18.8 Å². The molecule has 0 radical (unpaired) electrons. The molecule has 2 aromatic rings. The van der Waals surface area contributed by atoms with Crippen molar-refractivity contribution in [1.29, 1.82) is 0 Å². The van der Waals surface area contributed by atoms with E-state index < -0.39 is 0 Å². The van der Waals surface area contributed by atoms with Gasteiger partial charge in [0, 0.05) is 48.4 Å². The van der Waals surface area contributed by atoms with Crippen LogP contribution < -0.4 is 0 Å². The number of carbonyl (C=O) groups is 2. The third kappa shape index (κ3) is 4.86. The van der Waals surface area contributed by atoms with E-state index in [-0.39, 0.29) is 17.7 Å². The number of aryl methyl sites for hydroxylation is 1. The van der Waals surface area contributed by atoms with Gasteiger partial charge in [0.25, 0.3) is 11.8 Å². The third-order valence-corrected chi connectivity index (χ3v) is 8.38. The van der Waals surface area contributed by atoms with E-state index in [1.54, 1.807) is 24.3 Å². The minimum atomic E-state index is 0.0407. The van der Waals surface area contributed by atoms with E-state index >= 15 is 0 Å². The molecule has 2 amide bonds. The number of benzene rings is 1. The van der Waals surface area contributed by atoms with E-state index in [9.17, 15) is 9.59 Å². The SMILES string of the molecule is Cc1ccc(C(=O)N2CCC3CCCCC3C2)c(C2CCN(C(=O)c3ccc(Cl)cc3)CC2)n1. The Hall–Kier alpha value is -2.40. The normalized spacial score (nSPS) is 23.5. The summed E-state index contributed by atoms with van der Waals surface area (Å²) in [5, 5.41) is 0.630. The van der Waals surface area contributed by atoms with Gasteiger partial charge >= 0.3 is 0 Å². The molecule has 1 aromatic heterocycles. The first-order chi connectivity index (χ1) is 16.5. The van der Waals surface area contributed by atoms with E-state index in [2.05, 4.69) is 4.90 Å². The lowest BCUT2D eigenvalue weighted by molar-refractivity contribution is 0.0517. The van der Waals surface area contributed by atoms with Gasteiger partial charge in [0.2, 0.25) is 0 Å². The highest BCUT2D eigenvalue weighted by atomic mass is 35.5. The lowest BCUT2D eigenvalue weighted by Gasteiger charge is -2.41. The molecule has 2 atom stereocenters. The minimum Gasteiger partial charge on any atom is -0.339 e. The minimum absolute atomic E-state index is 0.0407. The average molecular weight is 480 g/mol. The highest BCUT2D eigenvalue weighted by molar-refractivity contribution is 6.30. The molecule has 3 fully saturated rings. The van der Waals surface area contributed by atoms with Crippen LogP contribution in [-0.4, -0.2) is 52.8 Å². The number of nitrogens with zero attached hydrogens (tertiary/aromatic N) is 3. The van der Waals surface area contributed by atoms with E-state index in [0.29, 0.717) is 29.6 Å². The maximum Gasteiger partial charge on any atom is 0.255 e. The first-order valence-electron chi connectivity index (χ1n) is 12.8. The van der Waals surface area contributed by atoms with Gasteiger partial charge in [-0.3, -0.25) is 14.6 Å². The molecule has 2 aliphatic heterocycles. The number of piperidine rings is 2. The molecule has 1 aromatic carbocycles. The van der Waals surface area contributed by atoms with Crippen molar-refractivity contribution >= 4 is 23.4 Å². The van der Waals surface area contributed by atoms with Crippen LogP contribution in [0.4, 0.5) is 0 Å². The van der Waals surface area contributed by atoms with Gasteiger partial charge in [-0.1, -0.05) is 30.9 Å². The summed E-state index contributed by atoms with van der Waals surface area (Å²) in [6.07, 6.45) is 8.01. The number of hydrogen-bond donors (Lipinski definition) is 0. The Morgan fingerprint density at radius 3 is 2.24 bits per heavy atom. The monoisotopic (exact) mass is 479 g/mol. The van der Waals surface area contributed by atoms with Crippen molar-refractivity contribution in [3.8, 4) is 0 Å². The Morgan fingerprint density at radius 2 is 1.50 bits per heavy atom. The molecule has 2 unspecified atom stereocenters. The van der Waals surface area contributed by atoms with Gasteiger partial charge in [-0.2, -0.15) is 0 Å². The number of hydrogen-bond acceptors (Lipinski definition) is 3. The molecule has 3 heterocycles. The first kappa shape index (κ1) is 23.3. The average Bonchev–Trinajstić information content (AvgIpc) is 2.88. The van der Waals surface area contributed by atoms with Gasteiger partial charge in [0.1, 0.15) is 0 Å². The van der Waals surface area contributed by atoms with Gasteiger partial charge in [-0.05, 0) is 80.8 Å². The summed E-state index contributed by atoms with van der Waals surface area (Å²) in [4.78, 5) is 35.4. The molecule has 3 aliphatic rings. The Morgan fingerprint density at radius 1 is 0.824 bits per heavy atom. The Bertz CT molecular complexity index is 1050. The van der Waals surface area contributed by atoms with E-state index in [4.69, 9.17) is 16.6 Å². The summed E-state index contributed by atoms with van der Waals surface area (Å²) in [6.45, 7) is 5.09. The largest absolute Gasteiger partial charge is 0.339 e. The van der Waals surface area contributed by atoms with Crippen LogP contribution in [0.15, 0.2) is 36.4 Å². The quantitative estimate of drug-likeness (QED) is 0.566. The Kier molecular flexibility index (Phi) is 6.91. The summed E-state index contributed by atoms with van der Waals surface area (Å²) in [5.74, 6) is 1.84. The number of aromatic nitrogens is 1. The second kappa shape index (κ2) is 10.1. The summed E-state index contributed by atoms with van der Waals surface area (Å²) in [5.41, 5.74) is 3.30. The van der Waals surface area contributed by atoms with Crippen LogP contribution in [0.2, 0.25) is 5.02 Å². The molecule has 180 valence electrons. The van der Waals surface area contributed by atoms with Gasteiger partial charge in [-0.25, -0.2) is 0 Å². The number of likely N-dealkylation sites (tertiary alicyclic amines) is 2. The Labute approximate surface area is 207 Å². The fourth-order valence-corrected chi connectivity index (χ4v) is 6.28. The molecule has 0 bridgehead atoms. The van der Waals surface area contributed by atoms with E-state index in [1.165, 1.54) is 25.7 Å². The van der Waals surface area contributed by atoms with Crippen molar-refractivity contribution in [2.45, 2.75) is 57.8 Å². The molecule has 1 saturated carbocycles. The van der Waals surface area contributed by atoms with E-state index in [1.807, 2.05) is 24.0 Å². The Balaban J connectivity index is 1.28. The first-order valence-corrected chi connectivity index (χ1v) is 13.2. The van der Waals surface area contributed by atoms with Gasteiger partial charge in [0.05, 0.1) is 11.3 Å². The summed E-state index contributed by atoms with van der Waals surface area (Å²) in [7, 11) is 0. The standard InChI is InChI=1S/C28H34ClN3O2/c1-19-6-11-25(28(34)32-17-12-20-4-2-3-5-23(20)18-32)26(30-19)21-13-15-31(16-14-21)27(33)22-7-9-24(29)10-8-22/h6-11,20-21,23H,2-5,12-18H2,1H3. The molecular formula is C28H34ClN3O2. The molecule has 0 spiro atoms. The maximum absolute atomic E-state index is 13.6. The second-order valence-corrected chi connectivity index (χ2v) is 10.7. The van der Waals surface area contributed by atoms with Crippen LogP contribution in [0.3, 0.4) is 0 Å². The van der Waals surface area contributed by atoms with Crippen LogP contribution in [-0.2, 0) is 0 Å². The zero-order valence-corrected chi connectivity index (χ0v) is 20.8. The molecular weight excluding hydrogens is 446 g/mol. The zero-order chi connectivity index (χ0) is 23.7. The molecule has 5 rings (SSSR count). The van der Waals surface area contributed by atoms with Crippen LogP contribution >= 0.6 is 11.6 Å². The van der Waals surface area contributed by atoms with Crippen molar-refractivity contribution in [3.05, 3.63) is 63.9 Å². The third-order valence-electron chi connectivity index (χ3n) is 8.13. The smallest absolute Gasteiger partial charge is 0.255 e. The number of pyridine rings is 1. The fourth-order valence-electron chi connectivity index (χ4n) is 6.16. The molecule has 1 aliphatic carbocycles. The van der Waals surface area contributed by atoms with Crippen molar-refractivity contribution < 1.29 is 9.59 Å². The lowest BCUT2D eigenvalue weighted by Crippen LogP contribution is -2.45. The fraction of sp³-hybridized carbons (Fsp3) is 0.536. The summed E-state index contributed by atoms with van der Waals surface area (Å²) < 4.78 is 0. The van der Waals surface area contributed by atoms with E-state index in [0.717, 1.165) is 55.2 Å². The van der Waals surface area contributed by atoms with Crippen molar-refractivity contribution in [2.24, 2.45) is 11.8 Å². The second-order valence-electron chi connectivity index (χ2n) is 10.3. The molecule has 34 heavy (non-hydrogen) atoms. The maximum atomic E-state index is 13.6.